The summed E-state index contributed by atoms with van der Waals surface area (Å²) in [5.74, 6) is 5.44. The minimum absolute atomic E-state index is 0.0893. The molecule has 0 aliphatic carbocycles. The summed E-state index contributed by atoms with van der Waals surface area (Å²) in [5.41, 5.74) is 0.360. The maximum atomic E-state index is 12.9. The predicted octanol–water partition coefficient (Wildman–Crippen LogP) is 1.93. The molecule has 0 unspecified atom stereocenters. The van der Waals surface area contributed by atoms with E-state index in [1.54, 1.807) is 36.4 Å². The van der Waals surface area contributed by atoms with Crippen molar-refractivity contribution in [3.05, 3.63) is 64.2 Å². The molecular weight excluding hydrogens is 394 g/mol. The third kappa shape index (κ3) is 3.50. The zero-order valence-corrected chi connectivity index (χ0v) is 16.2. The van der Waals surface area contributed by atoms with Gasteiger partial charge in [0.25, 0.3) is 11.8 Å². The molecule has 0 radical (unpaired) electrons. The van der Waals surface area contributed by atoms with E-state index in [-0.39, 0.29) is 12.5 Å². The highest BCUT2D eigenvalue weighted by Gasteiger charge is 2.48. The Kier molecular flexibility index (Phi) is 4.65. The molecule has 2 aliphatic rings. The Balaban J connectivity index is 1.65. The minimum atomic E-state index is -1.55. The number of amides is 4. The topological polar surface area (TPSA) is 87.7 Å². The van der Waals surface area contributed by atoms with E-state index < -0.39 is 17.5 Å². The summed E-state index contributed by atoms with van der Waals surface area (Å²) in [4.78, 5) is 38.8. The largest absolute Gasteiger partial charge is 0.497 e. The Labute approximate surface area is 172 Å². The van der Waals surface area contributed by atoms with Gasteiger partial charge in [-0.15, -0.1) is 0 Å². The molecule has 0 aromatic heterocycles. The maximum Gasteiger partial charge on any atom is 0.323 e. The number of rotatable bonds is 3. The Morgan fingerprint density at radius 3 is 2.72 bits per heavy atom. The molecule has 4 amide bonds. The lowest BCUT2D eigenvalue weighted by Gasteiger charge is -2.26. The van der Waals surface area contributed by atoms with Crippen LogP contribution >= 0.6 is 11.6 Å². The highest BCUT2D eigenvalue weighted by Crippen LogP contribution is 2.28. The van der Waals surface area contributed by atoms with Crippen LogP contribution in [-0.4, -0.2) is 41.9 Å². The smallest absolute Gasteiger partial charge is 0.323 e. The van der Waals surface area contributed by atoms with Crippen molar-refractivity contribution in [1.82, 2.24) is 15.5 Å². The Morgan fingerprint density at radius 2 is 2.03 bits per heavy atom. The van der Waals surface area contributed by atoms with Gasteiger partial charge >= 0.3 is 6.03 Å². The second-order valence-electron chi connectivity index (χ2n) is 6.76. The molecule has 146 valence electrons. The van der Waals surface area contributed by atoms with Crippen molar-refractivity contribution in [2.75, 3.05) is 13.7 Å². The molecule has 2 N–H and O–H groups in total. The molecule has 1 atom stereocenters. The maximum absolute atomic E-state index is 12.9. The van der Waals surface area contributed by atoms with Gasteiger partial charge in [0.1, 0.15) is 5.75 Å². The first-order valence-electron chi connectivity index (χ1n) is 8.79. The number of benzene rings is 2. The fraction of sp³-hybridized carbons (Fsp3) is 0.190. The van der Waals surface area contributed by atoms with Crippen LogP contribution in [0.1, 0.15) is 21.5 Å². The number of imide groups is 1. The summed E-state index contributed by atoms with van der Waals surface area (Å²) in [7, 11) is 1.53. The molecule has 29 heavy (non-hydrogen) atoms. The van der Waals surface area contributed by atoms with Gasteiger partial charge in [-0.1, -0.05) is 35.6 Å². The van der Waals surface area contributed by atoms with Crippen LogP contribution in [0.3, 0.4) is 0 Å². The molecule has 8 heteroatoms. The van der Waals surface area contributed by atoms with E-state index in [0.29, 0.717) is 28.4 Å². The molecule has 2 aromatic carbocycles. The van der Waals surface area contributed by atoms with E-state index in [0.717, 1.165) is 5.56 Å². The first kappa shape index (κ1) is 18.8. The lowest BCUT2D eigenvalue weighted by Crippen LogP contribution is -2.54. The molecule has 0 spiro atoms. The van der Waals surface area contributed by atoms with E-state index in [9.17, 15) is 14.4 Å². The number of carbonyl (C=O) groups excluding carboxylic acids is 3. The first-order valence-corrected chi connectivity index (χ1v) is 9.16. The monoisotopic (exact) mass is 409 g/mol. The average Bonchev–Trinajstić information content (AvgIpc) is 3.15. The van der Waals surface area contributed by atoms with Crippen molar-refractivity contribution in [3.63, 3.8) is 0 Å². The fourth-order valence-electron chi connectivity index (χ4n) is 3.36. The number of methoxy groups -OCH3 is 1. The summed E-state index contributed by atoms with van der Waals surface area (Å²) >= 11 is 5.98. The first-order chi connectivity index (χ1) is 13.9. The molecule has 0 bridgehead atoms. The molecule has 7 nitrogen and oxygen atoms in total. The van der Waals surface area contributed by atoms with Crippen molar-refractivity contribution in [3.8, 4) is 17.6 Å². The molecule has 0 saturated carbocycles. The minimum Gasteiger partial charge on any atom is -0.497 e. The summed E-state index contributed by atoms with van der Waals surface area (Å²) in [6.07, 6.45) is 0. The standard InChI is InChI=1S/C21H16ClN3O4/c1-29-16-6-5-14-11-25(18(26)17(14)10-16)12-21(19(27)23-20(28)24-21)8-7-13-3-2-4-15(22)9-13/h2-6,9-10H,11-12H2,1H3,(H2,23,24,27,28)/t21-/m1/s1. The van der Waals surface area contributed by atoms with E-state index in [1.807, 2.05) is 6.07 Å². The molecule has 2 aromatic rings. The molecule has 1 fully saturated rings. The van der Waals surface area contributed by atoms with Crippen LogP contribution in [0.4, 0.5) is 4.79 Å². The number of fused-ring (bicyclic) bond motifs is 1. The average molecular weight is 410 g/mol. The molecule has 4 rings (SSSR count). The van der Waals surface area contributed by atoms with Crippen LogP contribution in [0, 0.1) is 11.8 Å². The lowest BCUT2D eigenvalue weighted by atomic mass is 9.99. The molecule has 1 saturated heterocycles. The van der Waals surface area contributed by atoms with Gasteiger partial charge in [-0.25, -0.2) is 4.79 Å². The number of hydrogen-bond acceptors (Lipinski definition) is 4. The van der Waals surface area contributed by atoms with Crippen LogP contribution in [0.25, 0.3) is 0 Å². The third-order valence-electron chi connectivity index (χ3n) is 4.81. The van der Waals surface area contributed by atoms with Crippen LogP contribution in [0.2, 0.25) is 5.02 Å². The number of halogens is 1. The van der Waals surface area contributed by atoms with Gasteiger partial charge < -0.3 is 15.0 Å². The fourth-order valence-corrected chi connectivity index (χ4v) is 3.55. The number of nitrogens with one attached hydrogen (secondary N) is 2. The molecular formula is C21H16ClN3O4. The lowest BCUT2D eigenvalue weighted by molar-refractivity contribution is -0.122. The summed E-state index contributed by atoms with van der Waals surface area (Å²) in [6, 6.07) is 11.4. The van der Waals surface area contributed by atoms with Gasteiger partial charge in [-0.3, -0.25) is 14.9 Å². The van der Waals surface area contributed by atoms with Crippen molar-refractivity contribution < 1.29 is 19.1 Å². The van der Waals surface area contributed by atoms with Gasteiger partial charge in [-0.2, -0.15) is 0 Å². The van der Waals surface area contributed by atoms with Crippen molar-refractivity contribution >= 4 is 29.4 Å². The predicted molar refractivity (Wildman–Crippen MR) is 105 cm³/mol. The van der Waals surface area contributed by atoms with E-state index >= 15 is 0 Å². The summed E-state index contributed by atoms with van der Waals surface area (Å²) < 4.78 is 5.18. The van der Waals surface area contributed by atoms with Gasteiger partial charge in [0.05, 0.1) is 13.7 Å². The van der Waals surface area contributed by atoms with Crippen molar-refractivity contribution in [2.24, 2.45) is 0 Å². The number of urea groups is 1. The second-order valence-corrected chi connectivity index (χ2v) is 7.19. The Hall–Kier alpha value is -3.50. The summed E-state index contributed by atoms with van der Waals surface area (Å²) in [6.45, 7) is 0.218. The zero-order valence-electron chi connectivity index (χ0n) is 15.4. The van der Waals surface area contributed by atoms with Crippen LogP contribution < -0.4 is 15.4 Å². The van der Waals surface area contributed by atoms with E-state index in [1.165, 1.54) is 12.0 Å². The molecule has 2 aliphatic heterocycles. The highest BCUT2D eigenvalue weighted by atomic mass is 35.5. The van der Waals surface area contributed by atoms with Gasteiger partial charge in [0, 0.05) is 22.7 Å². The summed E-state index contributed by atoms with van der Waals surface area (Å²) in [5, 5.41) is 5.29. The normalized spacial score (nSPS) is 19.9. The van der Waals surface area contributed by atoms with Crippen molar-refractivity contribution in [1.29, 1.82) is 0 Å². The van der Waals surface area contributed by atoms with E-state index in [4.69, 9.17) is 16.3 Å². The zero-order chi connectivity index (χ0) is 20.6. The Morgan fingerprint density at radius 1 is 1.21 bits per heavy atom. The van der Waals surface area contributed by atoms with Gasteiger partial charge in [-0.05, 0) is 35.9 Å². The number of nitrogens with zero attached hydrogens (tertiary/aromatic N) is 1. The van der Waals surface area contributed by atoms with Crippen molar-refractivity contribution in [2.45, 2.75) is 12.1 Å². The van der Waals surface area contributed by atoms with E-state index in [2.05, 4.69) is 22.5 Å². The van der Waals surface area contributed by atoms with Crippen LogP contribution in [-0.2, 0) is 11.3 Å². The quantitative estimate of drug-likeness (QED) is 0.599. The Bertz CT molecular complexity index is 1100. The van der Waals surface area contributed by atoms with Crippen LogP contribution in [0.5, 0.6) is 5.75 Å². The van der Waals surface area contributed by atoms with Crippen LogP contribution in [0.15, 0.2) is 42.5 Å². The SMILES string of the molecule is COc1ccc2c(c1)C(=O)N(C[C@@]1(C#Cc3cccc(Cl)c3)NC(=O)NC1=O)C2. The van der Waals surface area contributed by atoms with Gasteiger partial charge in [0.15, 0.2) is 0 Å². The second kappa shape index (κ2) is 7.15. The number of hydrogen-bond donors (Lipinski definition) is 2. The van der Waals surface area contributed by atoms with Gasteiger partial charge in [0.2, 0.25) is 5.54 Å². The number of ether oxygens (including phenoxy) is 1. The number of carbonyl (C=O) groups is 3. The highest BCUT2D eigenvalue weighted by molar-refractivity contribution is 6.30. The third-order valence-corrected chi connectivity index (χ3v) is 5.05. The molecule has 2 heterocycles.